The summed E-state index contributed by atoms with van der Waals surface area (Å²) in [6.45, 7) is 0.118. The number of nitrogens with one attached hydrogen (secondary N) is 1. The molecule has 2 aromatic rings. The molecule has 3 atom stereocenters. The number of rotatable bonds is 7. The molecule has 10 nitrogen and oxygen atoms in total. The first-order valence-corrected chi connectivity index (χ1v) is 11.6. The molecule has 2 amide bonds. The number of halogens is 4. The Labute approximate surface area is 212 Å². The largest absolute Gasteiger partial charge is 0.467 e. The number of benzene rings is 1. The minimum Gasteiger partial charge on any atom is -0.467 e. The smallest absolute Gasteiger partial charge is 0.422 e. The number of hydroxylamine groups is 2. The Morgan fingerprint density at radius 2 is 2.03 bits per heavy atom. The van der Waals surface area contributed by atoms with Gasteiger partial charge in [0.2, 0.25) is 5.88 Å². The van der Waals surface area contributed by atoms with Gasteiger partial charge >= 0.3 is 6.18 Å². The van der Waals surface area contributed by atoms with Gasteiger partial charge in [-0.2, -0.15) is 13.2 Å². The van der Waals surface area contributed by atoms with Gasteiger partial charge in [-0.05, 0) is 31.5 Å². The first kappa shape index (κ1) is 26.6. The lowest BCUT2D eigenvalue weighted by Gasteiger charge is -2.34. The Kier molecular flexibility index (Phi) is 6.79. The van der Waals surface area contributed by atoms with Gasteiger partial charge in [0.05, 0.1) is 25.0 Å². The first-order chi connectivity index (χ1) is 17.3. The number of nitrogens with two attached hydrogens (primary N) is 1. The van der Waals surface area contributed by atoms with Gasteiger partial charge in [0.25, 0.3) is 11.8 Å². The Hall–Kier alpha value is -3.46. The average molecular weight is 543 g/mol. The SMILES string of the molecule is CON(C)C(=O)[C@]12CC1[C@@](C)(c1cc(NC(=O)c3cnc(OCC(F)(F)F)cn3)ccc1F)N=C(N)S2. The second-order valence-corrected chi connectivity index (χ2v) is 9.97. The molecule has 37 heavy (non-hydrogen) atoms. The number of anilines is 1. The van der Waals surface area contributed by atoms with Crippen molar-refractivity contribution in [2.24, 2.45) is 16.6 Å². The Bertz CT molecular complexity index is 1260. The number of ether oxygens (including phenoxy) is 1. The van der Waals surface area contributed by atoms with E-state index in [9.17, 15) is 22.8 Å². The highest BCUT2D eigenvalue weighted by Crippen LogP contribution is 2.66. The van der Waals surface area contributed by atoms with Gasteiger partial charge in [-0.25, -0.2) is 19.4 Å². The Morgan fingerprint density at radius 3 is 2.65 bits per heavy atom. The monoisotopic (exact) mass is 542 g/mol. The number of carbonyl (C=O) groups excluding carboxylic acids is 2. The standard InChI is InChI=1S/C22H22F4N6O4S/c1-20(15-7-21(15,37-19(27)31-20)18(34)32(2)35-3)12-6-11(4-5-13(12)23)30-17(33)14-8-29-16(9-28-14)36-10-22(24,25)26/h4-6,8-9,15H,7,10H2,1-3H3,(H2,27,31)(H,30,33)/t15?,20-,21+/m1/s1. The van der Waals surface area contributed by atoms with Crippen molar-refractivity contribution in [1.29, 1.82) is 0 Å². The molecule has 198 valence electrons. The summed E-state index contributed by atoms with van der Waals surface area (Å²) in [6, 6.07) is 3.86. The molecule has 1 aliphatic heterocycles. The minimum atomic E-state index is -4.55. The van der Waals surface area contributed by atoms with E-state index in [1.807, 2.05) is 0 Å². The number of nitrogens with zero attached hydrogens (tertiary/aromatic N) is 4. The molecule has 1 aliphatic carbocycles. The van der Waals surface area contributed by atoms with Crippen LogP contribution >= 0.6 is 11.8 Å². The third kappa shape index (κ3) is 5.18. The molecule has 3 N–H and O–H groups in total. The van der Waals surface area contributed by atoms with Crippen molar-refractivity contribution in [1.82, 2.24) is 15.0 Å². The summed E-state index contributed by atoms with van der Waals surface area (Å²) in [4.78, 5) is 42.5. The van der Waals surface area contributed by atoms with Crippen LogP contribution in [0.15, 0.2) is 35.6 Å². The summed E-state index contributed by atoms with van der Waals surface area (Å²) >= 11 is 1.11. The Balaban J connectivity index is 1.55. The number of amidine groups is 1. The highest BCUT2D eigenvalue weighted by Gasteiger charge is 2.71. The zero-order valence-electron chi connectivity index (χ0n) is 19.8. The number of amides is 2. The molecule has 1 aromatic carbocycles. The zero-order chi connectivity index (χ0) is 27.2. The lowest BCUT2D eigenvalue weighted by Crippen LogP contribution is -2.44. The van der Waals surface area contributed by atoms with Crippen molar-refractivity contribution in [3.63, 3.8) is 0 Å². The number of carbonyl (C=O) groups is 2. The van der Waals surface area contributed by atoms with Crippen molar-refractivity contribution in [3.8, 4) is 5.88 Å². The van der Waals surface area contributed by atoms with E-state index >= 15 is 4.39 Å². The van der Waals surface area contributed by atoms with E-state index in [4.69, 9.17) is 10.6 Å². The minimum absolute atomic E-state index is 0.117. The maximum atomic E-state index is 15.1. The third-order valence-electron chi connectivity index (χ3n) is 6.15. The molecule has 0 saturated heterocycles. The molecule has 1 saturated carbocycles. The molecule has 2 aliphatic rings. The second-order valence-electron chi connectivity index (χ2n) is 8.62. The van der Waals surface area contributed by atoms with Crippen molar-refractivity contribution < 1.29 is 36.7 Å². The normalized spacial score (nSPS) is 24.5. The van der Waals surface area contributed by atoms with Gasteiger partial charge in [-0.1, -0.05) is 11.8 Å². The fraction of sp³-hybridized carbons (Fsp3) is 0.409. The second kappa shape index (κ2) is 9.45. The van der Waals surface area contributed by atoms with Crippen LogP contribution in [0.5, 0.6) is 5.88 Å². The van der Waals surface area contributed by atoms with E-state index in [2.05, 4.69) is 25.0 Å². The number of thioether (sulfide) groups is 1. The zero-order valence-corrected chi connectivity index (χ0v) is 20.6. The van der Waals surface area contributed by atoms with Crippen molar-refractivity contribution in [3.05, 3.63) is 47.7 Å². The van der Waals surface area contributed by atoms with E-state index < -0.39 is 46.6 Å². The number of hydrogen-bond donors (Lipinski definition) is 2. The Morgan fingerprint density at radius 1 is 1.30 bits per heavy atom. The molecule has 0 bridgehead atoms. The van der Waals surface area contributed by atoms with E-state index in [1.54, 1.807) is 6.92 Å². The molecular formula is C22H22F4N6O4S. The van der Waals surface area contributed by atoms with Crippen molar-refractivity contribution in [2.45, 2.75) is 29.8 Å². The van der Waals surface area contributed by atoms with Crippen LogP contribution in [-0.4, -0.2) is 63.7 Å². The van der Waals surface area contributed by atoms with Crippen LogP contribution in [-0.2, 0) is 15.2 Å². The van der Waals surface area contributed by atoms with Gasteiger partial charge in [0.15, 0.2) is 11.8 Å². The maximum absolute atomic E-state index is 15.1. The predicted molar refractivity (Wildman–Crippen MR) is 125 cm³/mol. The molecule has 0 spiro atoms. The van der Waals surface area contributed by atoms with Crippen LogP contribution in [0.4, 0.5) is 23.2 Å². The molecule has 1 unspecified atom stereocenters. The lowest BCUT2D eigenvalue weighted by molar-refractivity contribution is -0.169. The van der Waals surface area contributed by atoms with Crippen LogP contribution < -0.4 is 15.8 Å². The summed E-state index contributed by atoms with van der Waals surface area (Å²) in [5, 5.41) is 3.76. The van der Waals surface area contributed by atoms with Crippen LogP contribution in [0.25, 0.3) is 0 Å². The van der Waals surface area contributed by atoms with Crippen molar-refractivity contribution in [2.75, 3.05) is 26.1 Å². The van der Waals surface area contributed by atoms with Gasteiger partial charge in [0, 0.05) is 24.2 Å². The molecule has 0 radical (unpaired) electrons. The number of fused-ring (bicyclic) bond motifs is 1. The molecular weight excluding hydrogens is 520 g/mol. The van der Waals surface area contributed by atoms with Gasteiger partial charge in [-0.15, -0.1) is 0 Å². The molecule has 1 fully saturated rings. The molecule has 1 aromatic heterocycles. The van der Waals surface area contributed by atoms with Crippen LogP contribution in [0.1, 0.15) is 29.4 Å². The quantitative estimate of drug-likeness (QED) is 0.403. The van der Waals surface area contributed by atoms with E-state index in [0.717, 1.165) is 35.3 Å². The van der Waals surface area contributed by atoms with Crippen LogP contribution in [0, 0.1) is 11.7 Å². The number of aromatic nitrogens is 2. The summed E-state index contributed by atoms with van der Waals surface area (Å²) in [6.07, 6.45) is -2.32. The van der Waals surface area contributed by atoms with Crippen LogP contribution in [0.3, 0.4) is 0 Å². The summed E-state index contributed by atoms with van der Waals surface area (Å²) in [7, 11) is 2.83. The molecule has 15 heteroatoms. The number of alkyl halides is 3. The van der Waals surface area contributed by atoms with Crippen molar-refractivity contribution >= 4 is 34.4 Å². The van der Waals surface area contributed by atoms with Crippen LogP contribution in [0.2, 0.25) is 0 Å². The highest BCUT2D eigenvalue weighted by molar-refractivity contribution is 8.15. The highest BCUT2D eigenvalue weighted by atomic mass is 32.2. The topological polar surface area (TPSA) is 132 Å². The molecule has 4 rings (SSSR count). The summed E-state index contributed by atoms with van der Waals surface area (Å²) < 4.78 is 55.4. The van der Waals surface area contributed by atoms with E-state index in [1.165, 1.54) is 26.3 Å². The third-order valence-corrected chi connectivity index (χ3v) is 7.44. The summed E-state index contributed by atoms with van der Waals surface area (Å²) in [5.41, 5.74) is 4.96. The number of aliphatic imine (C=N–C) groups is 1. The van der Waals surface area contributed by atoms with E-state index in [0.29, 0.717) is 6.42 Å². The fourth-order valence-corrected chi connectivity index (χ4v) is 5.70. The van der Waals surface area contributed by atoms with Gasteiger partial charge in [0.1, 0.15) is 16.3 Å². The first-order valence-electron chi connectivity index (χ1n) is 10.8. The lowest BCUT2D eigenvalue weighted by atomic mass is 9.85. The fourth-order valence-electron chi connectivity index (χ4n) is 4.25. The average Bonchev–Trinajstić information content (AvgIpc) is 3.59. The maximum Gasteiger partial charge on any atom is 0.422 e. The summed E-state index contributed by atoms with van der Waals surface area (Å²) in [5.74, 6) is -2.46. The van der Waals surface area contributed by atoms with Gasteiger partial charge < -0.3 is 15.8 Å². The van der Waals surface area contributed by atoms with Gasteiger partial charge in [-0.3, -0.25) is 19.4 Å². The van der Waals surface area contributed by atoms with E-state index in [-0.39, 0.29) is 28.0 Å². The number of hydrogen-bond acceptors (Lipinski definition) is 9. The predicted octanol–water partition coefficient (Wildman–Crippen LogP) is 2.86. The molecule has 2 heterocycles.